The zero-order valence-corrected chi connectivity index (χ0v) is 16.3. The summed E-state index contributed by atoms with van der Waals surface area (Å²) in [5.74, 6) is -1.04. The van der Waals surface area contributed by atoms with Crippen molar-refractivity contribution in [3.63, 3.8) is 0 Å². The number of aryl methyl sites for hydroxylation is 1. The predicted octanol–water partition coefficient (Wildman–Crippen LogP) is 1.81. The molecule has 1 N–H and O–H groups in total. The Labute approximate surface area is 155 Å². The quantitative estimate of drug-likeness (QED) is 0.781. The minimum atomic E-state index is -3.35. The van der Waals surface area contributed by atoms with Gasteiger partial charge in [0.25, 0.3) is 0 Å². The Hall–Kier alpha value is -1.44. The number of carbonyl (C=O) groups is 1. The molecule has 0 radical (unpaired) electrons. The predicted molar refractivity (Wildman–Crippen MR) is 100 cm³/mol. The highest BCUT2D eigenvalue weighted by Crippen LogP contribution is 2.44. The highest BCUT2D eigenvalue weighted by atomic mass is 32.2. The van der Waals surface area contributed by atoms with Crippen LogP contribution in [-0.2, 0) is 27.8 Å². The van der Waals surface area contributed by atoms with Gasteiger partial charge in [-0.15, -0.1) is 0 Å². The first-order valence-electron chi connectivity index (χ1n) is 9.23. The van der Waals surface area contributed by atoms with Crippen molar-refractivity contribution in [2.75, 3.05) is 32.4 Å². The van der Waals surface area contributed by atoms with Gasteiger partial charge in [-0.1, -0.05) is 37.6 Å². The van der Waals surface area contributed by atoms with Crippen LogP contribution in [0.3, 0.4) is 0 Å². The number of hydrogen-bond donors (Lipinski definition) is 1. The van der Waals surface area contributed by atoms with Crippen LogP contribution in [-0.4, -0.2) is 61.1 Å². The van der Waals surface area contributed by atoms with E-state index in [1.54, 1.807) is 0 Å². The summed E-state index contributed by atoms with van der Waals surface area (Å²) < 4.78 is 25.0. The van der Waals surface area contributed by atoms with Gasteiger partial charge in [0.15, 0.2) is 0 Å². The fourth-order valence-corrected chi connectivity index (χ4v) is 5.16. The van der Waals surface area contributed by atoms with Crippen LogP contribution in [0.5, 0.6) is 0 Å². The maximum absolute atomic E-state index is 12.0. The molecule has 0 bridgehead atoms. The van der Waals surface area contributed by atoms with Crippen molar-refractivity contribution in [2.45, 2.75) is 32.7 Å². The summed E-state index contributed by atoms with van der Waals surface area (Å²) in [6.07, 6.45) is 4.61. The molecule has 2 atom stereocenters. The third-order valence-electron chi connectivity index (χ3n) is 5.79. The second-order valence-corrected chi connectivity index (χ2v) is 9.79. The van der Waals surface area contributed by atoms with Gasteiger partial charge in [0.1, 0.15) is 0 Å². The summed E-state index contributed by atoms with van der Waals surface area (Å²) in [5.41, 5.74) is 1.52. The van der Waals surface area contributed by atoms with Gasteiger partial charge in [-0.25, -0.2) is 12.7 Å². The second kappa shape index (κ2) is 7.29. The molecular formula is C19H28N2O4S. The van der Waals surface area contributed by atoms with Crippen molar-refractivity contribution in [2.24, 2.45) is 11.3 Å². The first-order valence-corrected chi connectivity index (χ1v) is 11.1. The van der Waals surface area contributed by atoms with Gasteiger partial charge in [0.05, 0.1) is 11.7 Å². The van der Waals surface area contributed by atoms with E-state index in [4.69, 9.17) is 0 Å². The van der Waals surface area contributed by atoms with Crippen molar-refractivity contribution >= 4 is 16.0 Å². The largest absolute Gasteiger partial charge is 0.481 e. The highest BCUT2D eigenvalue weighted by molar-refractivity contribution is 7.88. The van der Waals surface area contributed by atoms with Crippen molar-refractivity contribution in [1.82, 2.24) is 9.21 Å². The van der Waals surface area contributed by atoms with Crippen molar-refractivity contribution in [3.8, 4) is 0 Å². The molecule has 144 valence electrons. The van der Waals surface area contributed by atoms with Crippen LogP contribution in [0.2, 0.25) is 0 Å². The van der Waals surface area contributed by atoms with Crippen molar-refractivity contribution < 1.29 is 18.3 Å². The molecule has 0 saturated carbocycles. The SMILES string of the molecule is CCCCc1ccc(CN2C[C@H]3CN(S(C)(=O)=O)C[C@@]3(C(=O)O)C2)cc1. The van der Waals surface area contributed by atoms with Crippen molar-refractivity contribution in [3.05, 3.63) is 35.4 Å². The molecule has 2 aliphatic heterocycles. The van der Waals surface area contributed by atoms with Gasteiger partial charge in [0, 0.05) is 38.6 Å². The fourth-order valence-electron chi connectivity index (χ4n) is 4.25. The van der Waals surface area contributed by atoms with Gasteiger partial charge in [0.2, 0.25) is 10.0 Å². The summed E-state index contributed by atoms with van der Waals surface area (Å²) in [5, 5.41) is 9.81. The number of unbranched alkanes of at least 4 members (excludes halogenated alkanes) is 1. The van der Waals surface area contributed by atoms with Gasteiger partial charge >= 0.3 is 5.97 Å². The number of likely N-dealkylation sites (tertiary alicyclic amines) is 1. The average molecular weight is 381 g/mol. The number of sulfonamides is 1. The van der Waals surface area contributed by atoms with E-state index in [1.165, 1.54) is 28.3 Å². The molecule has 0 unspecified atom stereocenters. The monoisotopic (exact) mass is 380 g/mol. The molecule has 2 heterocycles. The molecule has 6 nitrogen and oxygen atoms in total. The fraction of sp³-hybridized carbons (Fsp3) is 0.632. The smallest absolute Gasteiger partial charge is 0.312 e. The lowest BCUT2D eigenvalue weighted by Crippen LogP contribution is -2.41. The van der Waals surface area contributed by atoms with E-state index in [0.717, 1.165) is 12.7 Å². The van der Waals surface area contributed by atoms with E-state index in [1.807, 2.05) is 0 Å². The second-order valence-electron chi connectivity index (χ2n) is 7.80. The van der Waals surface area contributed by atoms with E-state index >= 15 is 0 Å². The molecule has 1 aromatic rings. The van der Waals surface area contributed by atoms with Crippen LogP contribution < -0.4 is 0 Å². The standard InChI is InChI=1S/C19H28N2O4S/c1-3-4-5-15-6-8-16(9-7-15)10-20-11-17-12-21(26(2,24)25)14-19(17,13-20)18(22)23/h6-9,17H,3-5,10-14H2,1-2H3,(H,22,23)/t17-,19-/m0/s1. The number of aliphatic carboxylic acids is 1. The first-order chi connectivity index (χ1) is 12.2. The summed E-state index contributed by atoms with van der Waals surface area (Å²) in [6, 6.07) is 8.55. The molecule has 26 heavy (non-hydrogen) atoms. The Balaban J connectivity index is 1.67. The van der Waals surface area contributed by atoms with E-state index in [2.05, 4.69) is 36.1 Å². The van der Waals surface area contributed by atoms with E-state index < -0.39 is 21.4 Å². The summed E-state index contributed by atoms with van der Waals surface area (Å²) in [7, 11) is -3.35. The molecule has 0 amide bonds. The van der Waals surface area contributed by atoms with E-state index in [9.17, 15) is 18.3 Å². The number of rotatable bonds is 7. The van der Waals surface area contributed by atoms with Gasteiger partial charge < -0.3 is 5.11 Å². The minimum Gasteiger partial charge on any atom is -0.481 e. The molecule has 0 aliphatic carbocycles. The Morgan fingerprint density at radius 1 is 1.19 bits per heavy atom. The third-order valence-corrected chi connectivity index (χ3v) is 7.01. The lowest BCUT2D eigenvalue weighted by atomic mass is 9.81. The summed E-state index contributed by atoms with van der Waals surface area (Å²) in [6.45, 7) is 4.29. The minimum absolute atomic E-state index is 0.0816. The molecule has 3 rings (SSSR count). The number of hydrogen-bond acceptors (Lipinski definition) is 4. The Kier molecular flexibility index (Phi) is 5.42. The number of fused-ring (bicyclic) bond motifs is 1. The summed E-state index contributed by atoms with van der Waals surface area (Å²) in [4.78, 5) is 14.1. The number of nitrogens with zero attached hydrogens (tertiary/aromatic N) is 2. The van der Waals surface area contributed by atoms with E-state index in [-0.39, 0.29) is 12.5 Å². The Morgan fingerprint density at radius 3 is 2.38 bits per heavy atom. The topological polar surface area (TPSA) is 77.9 Å². The number of carboxylic acids is 1. The van der Waals surface area contributed by atoms with Crippen LogP contribution >= 0.6 is 0 Å². The van der Waals surface area contributed by atoms with Crippen molar-refractivity contribution in [1.29, 1.82) is 0 Å². The highest BCUT2D eigenvalue weighted by Gasteiger charge is 2.58. The van der Waals surface area contributed by atoms with Gasteiger partial charge in [-0.2, -0.15) is 0 Å². The molecular weight excluding hydrogens is 352 g/mol. The maximum Gasteiger partial charge on any atom is 0.312 e. The Morgan fingerprint density at radius 2 is 1.85 bits per heavy atom. The van der Waals surface area contributed by atoms with Crippen LogP contribution in [0.15, 0.2) is 24.3 Å². The van der Waals surface area contributed by atoms with Gasteiger partial charge in [-0.3, -0.25) is 9.69 Å². The maximum atomic E-state index is 12.0. The zero-order chi connectivity index (χ0) is 18.9. The molecule has 2 aliphatic rings. The number of carboxylic acid groups (broad SMARTS) is 1. The molecule has 0 aromatic heterocycles. The molecule has 2 fully saturated rings. The normalized spacial score (nSPS) is 26.9. The first kappa shape index (κ1) is 19.3. The zero-order valence-electron chi connectivity index (χ0n) is 15.5. The molecule has 2 saturated heterocycles. The molecule has 0 spiro atoms. The summed E-state index contributed by atoms with van der Waals surface area (Å²) >= 11 is 0. The van der Waals surface area contributed by atoms with Crippen LogP contribution in [0, 0.1) is 11.3 Å². The van der Waals surface area contributed by atoms with Crippen LogP contribution in [0.25, 0.3) is 0 Å². The lowest BCUT2D eigenvalue weighted by Gasteiger charge is -2.24. The number of benzene rings is 1. The Bertz CT molecular complexity index is 762. The lowest BCUT2D eigenvalue weighted by molar-refractivity contribution is -0.148. The van der Waals surface area contributed by atoms with E-state index in [0.29, 0.717) is 26.2 Å². The van der Waals surface area contributed by atoms with Crippen LogP contribution in [0.4, 0.5) is 0 Å². The molecule has 1 aromatic carbocycles. The van der Waals surface area contributed by atoms with Gasteiger partial charge in [-0.05, 0) is 24.0 Å². The average Bonchev–Trinajstić information content (AvgIpc) is 3.09. The van der Waals surface area contributed by atoms with Crippen LogP contribution in [0.1, 0.15) is 30.9 Å². The molecule has 7 heteroatoms. The third kappa shape index (κ3) is 3.80.